The quantitative estimate of drug-likeness (QED) is 0.413. The first-order chi connectivity index (χ1) is 12.2. The van der Waals surface area contributed by atoms with Crippen LogP contribution in [0, 0.1) is 3.57 Å². The van der Waals surface area contributed by atoms with E-state index in [-0.39, 0.29) is 16.6 Å². The smallest absolute Gasteiger partial charge is 0.268 e. The van der Waals surface area contributed by atoms with Crippen LogP contribution in [0.4, 0.5) is 4.79 Å². The number of thioether (sulfide) groups is 1. The minimum absolute atomic E-state index is 0.0872. The van der Waals surface area contributed by atoms with Crippen LogP contribution in [0.15, 0.2) is 53.4 Å². The number of benzene rings is 2. The molecule has 0 saturated carbocycles. The van der Waals surface area contributed by atoms with E-state index in [0.29, 0.717) is 11.4 Å². The first-order valence-corrected chi connectivity index (χ1v) is 10.2. The van der Waals surface area contributed by atoms with Gasteiger partial charge in [0.25, 0.3) is 11.1 Å². The van der Waals surface area contributed by atoms with Crippen molar-refractivity contribution in [2.75, 3.05) is 0 Å². The predicted octanol–water partition coefficient (Wildman–Crippen LogP) is 5.83. The normalized spacial score (nSPS) is 16.6. The lowest BCUT2D eigenvalue weighted by molar-refractivity contribution is -0.123. The summed E-state index contributed by atoms with van der Waals surface area (Å²) in [6.45, 7) is 6.80. The molecule has 5 heteroatoms. The van der Waals surface area contributed by atoms with Gasteiger partial charge in [0, 0.05) is 3.57 Å². The third kappa shape index (κ3) is 4.38. The van der Waals surface area contributed by atoms with E-state index < -0.39 is 0 Å². The highest BCUT2D eigenvalue weighted by Crippen LogP contribution is 2.33. The highest BCUT2D eigenvalue weighted by molar-refractivity contribution is 14.1. The maximum atomic E-state index is 12.6. The molecule has 134 valence electrons. The minimum atomic E-state index is -0.224. The van der Waals surface area contributed by atoms with Gasteiger partial charge < -0.3 is 0 Å². The van der Waals surface area contributed by atoms with Gasteiger partial charge >= 0.3 is 0 Å². The number of amides is 2. The van der Waals surface area contributed by atoms with Crippen molar-refractivity contribution in [2.24, 2.45) is 0 Å². The molecule has 0 atom stereocenters. The molecule has 26 heavy (non-hydrogen) atoms. The van der Waals surface area contributed by atoms with Crippen LogP contribution in [0.2, 0.25) is 0 Å². The van der Waals surface area contributed by atoms with Crippen LogP contribution >= 0.6 is 34.4 Å². The molecule has 2 amide bonds. The van der Waals surface area contributed by atoms with Crippen LogP contribution in [0.25, 0.3) is 6.08 Å². The van der Waals surface area contributed by atoms with Gasteiger partial charge in [-0.3, -0.25) is 14.5 Å². The van der Waals surface area contributed by atoms with Crippen molar-refractivity contribution in [1.82, 2.24) is 4.90 Å². The maximum absolute atomic E-state index is 12.6. The van der Waals surface area contributed by atoms with Gasteiger partial charge in [-0.2, -0.15) is 0 Å². The van der Waals surface area contributed by atoms with Crippen molar-refractivity contribution in [2.45, 2.75) is 32.7 Å². The van der Waals surface area contributed by atoms with E-state index >= 15 is 0 Å². The van der Waals surface area contributed by atoms with Crippen LogP contribution in [0.3, 0.4) is 0 Å². The van der Waals surface area contributed by atoms with Crippen molar-refractivity contribution < 1.29 is 9.59 Å². The molecular weight excluding hydrogens is 457 g/mol. The first kappa shape index (κ1) is 19.2. The summed E-state index contributed by atoms with van der Waals surface area (Å²) >= 11 is 3.24. The monoisotopic (exact) mass is 477 g/mol. The highest BCUT2D eigenvalue weighted by Gasteiger charge is 2.34. The van der Waals surface area contributed by atoms with Crippen molar-refractivity contribution in [1.29, 1.82) is 0 Å². The molecule has 1 heterocycles. The van der Waals surface area contributed by atoms with E-state index in [4.69, 9.17) is 0 Å². The van der Waals surface area contributed by atoms with Gasteiger partial charge in [-0.15, -0.1) is 0 Å². The Balaban J connectivity index is 1.77. The van der Waals surface area contributed by atoms with Gasteiger partial charge in [0.15, 0.2) is 0 Å². The van der Waals surface area contributed by atoms with E-state index in [0.717, 1.165) is 26.5 Å². The number of carbonyl (C=O) groups excluding carboxylic acids is 2. The molecule has 0 aliphatic carbocycles. The van der Waals surface area contributed by atoms with E-state index in [9.17, 15) is 9.59 Å². The van der Waals surface area contributed by atoms with Crippen LogP contribution in [0.5, 0.6) is 0 Å². The van der Waals surface area contributed by atoms with Gasteiger partial charge in [-0.1, -0.05) is 57.2 Å². The minimum Gasteiger partial charge on any atom is -0.268 e. The van der Waals surface area contributed by atoms with Crippen molar-refractivity contribution in [3.8, 4) is 0 Å². The second-order valence-corrected chi connectivity index (χ2v) is 9.51. The molecule has 1 aliphatic heterocycles. The molecule has 0 unspecified atom stereocenters. The summed E-state index contributed by atoms with van der Waals surface area (Å²) in [5, 5.41) is -0.217. The average Bonchev–Trinajstić information content (AvgIpc) is 2.84. The third-order valence-corrected chi connectivity index (χ3v) is 5.83. The summed E-state index contributed by atoms with van der Waals surface area (Å²) in [5.41, 5.74) is 3.20. The third-order valence-electron chi connectivity index (χ3n) is 4.20. The number of nitrogens with zero attached hydrogens (tertiary/aromatic N) is 1. The summed E-state index contributed by atoms with van der Waals surface area (Å²) in [7, 11) is 0. The zero-order valence-electron chi connectivity index (χ0n) is 15.0. The number of halogens is 1. The van der Waals surface area contributed by atoms with Gasteiger partial charge in [0.1, 0.15) is 0 Å². The molecule has 2 aromatic rings. The van der Waals surface area contributed by atoms with E-state index in [1.807, 2.05) is 36.4 Å². The Morgan fingerprint density at radius 3 is 2.19 bits per heavy atom. The molecule has 0 spiro atoms. The van der Waals surface area contributed by atoms with Crippen LogP contribution in [0.1, 0.15) is 37.5 Å². The second kappa shape index (κ2) is 7.56. The fourth-order valence-corrected chi connectivity index (χ4v) is 3.84. The topological polar surface area (TPSA) is 37.4 Å². The Morgan fingerprint density at radius 1 is 1.00 bits per heavy atom. The summed E-state index contributed by atoms with van der Waals surface area (Å²) in [4.78, 5) is 26.7. The summed E-state index contributed by atoms with van der Waals surface area (Å²) in [6, 6.07) is 16.0. The lowest BCUT2D eigenvalue weighted by Gasteiger charge is -2.18. The molecule has 1 saturated heterocycles. The summed E-state index contributed by atoms with van der Waals surface area (Å²) in [6.07, 6.45) is 1.80. The second-order valence-electron chi connectivity index (χ2n) is 7.27. The van der Waals surface area contributed by atoms with E-state index in [2.05, 4.69) is 55.5 Å². The fourth-order valence-electron chi connectivity index (χ4n) is 2.64. The Morgan fingerprint density at radius 2 is 1.62 bits per heavy atom. The molecule has 0 aromatic heterocycles. The Labute approximate surface area is 172 Å². The Kier molecular flexibility index (Phi) is 5.58. The Bertz CT molecular complexity index is 864. The number of hydrogen-bond donors (Lipinski definition) is 0. The summed E-state index contributed by atoms with van der Waals surface area (Å²) in [5.74, 6) is -0.224. The van der Waals surface area contributed by atoms with Crippen molar-refractivity contribution in [3.63, 3.8) is 0 Å². The highest BCUT2D eigenvalue weighted by atomic mass is 127. The number of hydrogen-bond acceptors (Lipinski definition) is 3. The molecule has 3 nitrogen and oxygen atoms in total. The van der Waals surface area contributed by atoms with Gasteiger partial charge in [-0.25, -0.2) is 0 Å². The van der Waals surface area contributed by atoms with Crippen molar-refractivity contribution in [3.05, 3.63) is 73.7 Å². The maximum Gasteiger partial charge on any atom is 0.293 e. The molecule has 2 aromatic carbocycles. The number of imide groups is 1. The van der Waals surface area contributed by atoms with E-state index in [1.165, 1.54) is 10.5 Å². The van der Waals surface area contributed by atoms with E-state index in [1.54, 1.807) is 6.08 Å². The number of carbonyl (C=O) groups is 2. The number of rotatable bonds is 3. The zero-order valence-corrected chi connectivity index (χ0v) is 17.9. The fraction of sp³-hybridized carbons (Fsp3) is 0.238. The molecule has 3 rings (SSSR count). The molecule has 1 aliphatic rings. The SMILES string of the molecule is CC(C)(C)c1ccc(/C=C2\SC(=O)N(Cc3ccc(I)cc3)C2=O)cc1. The van der Waals surface area contributed by atoms with Gasteiger partial charge in [0.05, 0.1) is 11.4 Å². The summed E-state index contributed by atoms with van der Waals surface area (Å²) < 4.78 is 1.12. The van der Waals surface area contributed by atoms with Crippen LogP contribution in [-0.2, 0) is 16.8 Å². The van der Waals surface area contributed by atoms with Crippen LogP contribution in [-0.4, -0.2) is 16.0 Å². The van der Waals surface area contributed by atoms with Crippen molar-refractivity contribution >= 4 is 51.6 Å². The molecule has 1 fully saturated rings. The lowest BCUT2D eigenvalue weighted by Crippen LogP contribution is -2.27. The molecule has 0 N–H and O–H groups in total. The lowest BCUT2D eigenvalue weighted by atomic mass is 9.87. The average molecular weight is 477 g/mol. The zero-order chi connectivity index (χ0) is 18.9. The standard InChI is InChI=1S/C21H20INO2S/c1-21(2,3)16-8-4-14(5-9-16)12-18-19(24)23(20(25)26-18)13-15-6-10-17(22)11-7-15/h4-12H,13H2,1-3H3/b18-12-. The Hall–Kier alpha value is -1.60. The first-order valence-electron chi connectivity index (χ1n) is 8.34. The molecular formula is C21H20INO2S. The van der Waals surface area contributed by atoms with Gasteiger partial charge in [-0.05, 0) is 74.7 Å². The molecule has 0 bridgehead atoms. The van der Waals surface area contributed by atoms with Crippen LogP contribution < -0.4 is 0 Å². The largest absolute Gasteiger partial charge is 0.293 e. The van der Waals surface area contributed by atoms with Gasteiger partial charge in [0.2, 0.25) is 0 Å². The molecule has 0 radical (unpaired) electrons. The predicted molar refractivity (Wildman–Crippen MR) is 116 cm³/mol.